The van der Waals surface area contributed by atoms with Crippen LogP contribution in [0.25, 0.3) is 64.7 Å². The molecule has 0 saturated carbocycles. The molecule has 1 heterocycles. The Morgan fingerprint density at radius 3 is 1.70 bits per heavy atom. The SMILES string of the molecule is CC1(C)c2ccccc2-c2cc(N(c3ccc(-c4cccc(-c5ccccc5)c4)cc3)c3ccc(-c4cccc5c4sc4ccccc45)cc3)ccc21. The summed E-state index contributed by atoms with van der Waals surface area (Å²) in [6, 6.07) is 69.0. The van der Waals surface area contributed by atoms with Crippen molar-refractivity contribution in [3.8, 4) is 44.5 Å². The van der Waals surface area contributed by atoms with Crippen molar-refractivity contribution in [3.63, 3.8) is 0 Å². The van der Waals surface area contributed by atoms with Crippen LogP contribution in [0.15, 0.2) is 188 Å². The molecule has 0 N–H and O–H groups in total. The lowest BCUT2D eigenvalue weighted by Crippen LogP contribution is -2.15. The molecule has 0 fully saturated rings. The smallest absolute Gasteiger partial charge is 0.0468 e. The standard InChI is InChI=1S/C51H37NS/c1-51(2)47-20-8-6-16-43(47)46-33-41(30-31-48(46)51)52(39-26-22-35(23-27-39)38-15-10-14-37(32-38)34-12-4-3-5-13-34)40-28-24-36(25-29-40)42-18-11-19-45-44-17-7-9-21-49(44)53-50(42)45/h3-33H,1-2H3. The Hall–Kier alpha value is -6.22. The van der Waals surface area contributed by atoms with E-state index in [0.717, 1.165) is 17.1 Å². The van der Waals surface area contributed by atoms with Crippen molar-refractivity contribution >= 4 is 48.6 Å². The molecule has 0 bridgehead atoms. The third-order valence-electron chi connectivity index (χ3n) is 11.1. The number of thiophene rings is 1. The molecule has 252 valence electrons. The molecule has 0 amide bonds. The lowest BCUT2D eigenvalue weighted by Gasteiger charge is -2.27. The van der Waals surface area contributed by atoms with Crippen molar-refractivity contribution in [1.29, 1.82) is 0 Å². The highest BCUT2D eigenvalue weighted by atomic mass is 32.1. The molecule has 1 aromatic heterocycles. The molecule has 9 aromatic rings. The molecule has 0 spiro atoms. The number of hydrogen-bond acceptors (Lipinski definition) is 2. The van der Waals surface area contributed by atoms with Gasteiger partial charge in [0.2, 0.25) is 0 Å². The maximum atomic E-state index is 2.40. The van der Waals surface area contributed by atoms with E-state index in [-0.39, 0.29) is 5.41 Å². The van der Waals surface area contributed by atoms with Gasteiger partial charge in [0.25, 0.3) is 0 Å². The fourth-order valence-electron chi connectivity index (χ4n) is 8.37. The van der Waals surface area contributed by atoms with Gasteiger partial charge in [-0.25, -0.2) is 0 Å². The summed E-state index contributed by atoms with van der Waals surface area (Å²) < 4.78 is 2.67. The first-order chi connectivity index (χ1) is 26.0. The van der Waals surface area contributed by atoms with E-state index in [9.17, 15) is 0 Å². The zero-order valence-electron chi connectivity index (χ0n) is 29.8. The average Bonchev–Trinajstić information content (AvgIpc) is 3.71. The minimum atomic E-state index is -0.0412. The van der Waals surface area contributed by atoms with E-state index in [0.29, 0.717) is 0 Å². The van der Waals surface area contributed by atoms with Gasteiger partial charge >= 0.3 is 0 Å². The number of rotatable bonds is 6. The topological polar surface area (TPSA) is 3.24 Å². The van der Waals surface area contributed by atoms with Gasteiger partial charge in [-0.15, -0.1) is 11.3 Å². The van der Waals surface area contributed by atoms with Gasteiger partial charge in [0.05, 0.1) is 0 Å². The molecule has 1 aliphatic carbocycles. The second-order valence-electron chi connectivity index (χ2n) is 14.6. The van der Waals surface area contributed by atoms with Crippen LogP contribution in [0.5, 0.6) is 0 Å². The predicted octanol–water partition coefficient (Wildman–Crippen LogP) is 14.8. The third-order valence-corrected chi connectivity index (χ3v) is 12.3. The summed E-state index contributed by atoms with van der Waals surface area (Å²) in [7, 11) is 0. The summed E-state index contributed by atoms with van der Waals surface area (Å²) in [6.45, 7) is 4.69. The molecule has 1 nitrogen and oxygen atoms in total. The van der Waals surface area contributed by atoms with E-state index in [1.807, 2.05) is 11.3 Å². The molecule has 1 aliphatic rings. The molecule has 0 atom stereocenters. The Labute approximate surface area is 315 Å². The molecule has 0 saturated heterocycles. The van der Waals surface area contributed by atoms with Crippen LogP contribution in [0.1, 0.15) is 25.0 Å². The van der Waals surface area contributed by atoms with Crippen LogP contribution in [-0.4, -0.2) is 0 Å². The average molecular weight is 696 g/mol. The molecule has 10 rings (SSSR count). The van der Waals surface area contributed by atoms with Crippen LogP contribution in [-0.2, 0) is 5.41 Å². The van der Waals surface area contributed by atoms with Crippen LogP contribution in [0.2, 0.25) is 0 Å². The summed E-state index contributed by atoms with van der Waals surface area (Å²) in [6.07, 6.45) is 0. The lowest BCUT2D eigenvalue weighted by atomic mass is 9.82. The molecular formula is C51H37NS. The number of fused-ring (bicyclic) bond motifs is 6. The van der Waals surface area contributed by atoms with E-state index < -0.39 is 0 Å². The highest BCUT2D eigenvalue weighted by Gasteiger charge is 2.35. The van der Waals surface area contributed by atoms with Gasteiger partial charge in [-0.3, -0.25) is 0 Å². The quantitative estimate of drug-likeness (QED) is 0.167. The largest absolute Gasteiger partial charge is 0.310 e. The van der Waals surface area contributed by atoms with Gasteiger partial charge < -0.3 is 4.90 Å². The fraction of sp³-hybridized carbons (Fsp3) is 0.0588. The third kappa shape index (κ3) is 5.29. The number of anilines is 3. The van der Waals surface area contributed by atoms with E-state index in [1.54, 1.807) is 0 Å². The van der Waals surface area contributed by atoms with Gasteiger partial charge in [0.15, 0.2) is 0 Å². The maximum absolute atomic E-state index is 2.40. The van der Waals surface area contributed by atoms with E-state index >= 15 is 0 Å². The van der Waals surface area contributed by atoms with Crippen LogP contribution in [0.4, 0.5) is 17.1 Å². The summed E-state index contributed by atoms with van der Waals surface area (Å²) >= 11 is 1.88. The van der Waals surface area contributed by atoms with E-state index in [4.69, 9.17) is 0 Å². The second-order valence-corrected chi connectivity index (χ2v) is 15.6. The number of nitrogens with zero attached hydrogens (tertiary/aromatic N) is 1. The molecule has 2 heteroatoms. The zero-order chi connectivity index (χ0) is 35.5. The van der Waals surface area contributed by atoms with Crippen molar-refractivity contribution in [2.45, 2.75) is 19.3 Å². The Balaban J connectivity index is 1.07. The first kappa shape index (κ1) is 31.5. The van der Waals surface area contributed by atoms with Gasteiger partial charge in [-0.2, -0.15) is 0 Å². The van der Waals surface area contributed by atoms with Crippen LogP contribution < -0.4 is 4.90 Å². The van der Waals surface area contributed by atoms with E-state index in [1.165, 1.54) is 75.8 Å². The van der Waals surface area contributed by atoms with Gasteiger partial charge in [-0.1, -0.05) is 153 Å². The number of benzene rings is 8. The highest BCUT2D eigenvalue weighted by Crippen LogP contribution is 2.51. The molecule has 8 aromatic carbocycles. The first-order valence-corrected chi connectivity index (χ1v) is 19.2. The first-order valence-electron chi connectivity index (χ1n) is 18.3. The van der Waals surface area contributed by atoms with Crippen molar-refractivity contribution in [3.05, 3.63) is 199 Å². The minimum absolute atomic E-state index is 0.0412. The Morgan fingerprint density at radius 2 is 0.925 bits per heavy atom. The number of hydrogen-bond donors (Lipinski definition) is 0. The van der Waals surface area contributed by atoms with Gasteiger partial charge in [-0.05, 0) is 104 Å². The highest BCUT2D eigenvalue weighted by molar-refractivity contribution is 7.26. The van der Waals surface area contributed by atoms with Crippen molar-refractivity contribution in [2.24, 2.45) is 0 Å². The zero-order valence-corrected chi connectivity index (χ0v) is 30.6. The van der Waals surface area contributed by atoms with Crippen molar-refractivity contribution in [1.82, 2.24) is 0 Å². The van der Waals surface area contributed by atoms with E-state index in [2.05, 4.69) is 207 Å². The van der Waals surface area contributed by atoms with Crippen molar-refractivity contribution < 1.29 is 0 Å². The van der Waals surface area contributed by atoms with Crippen LogP contribution in [0, 0.1) is 0 Å². The van der Waals surface area contributed by atoms with Crippen LogP contribution >= 0.6 is 11.3 Å². The van der Waals surface area contributed by atoms with Gasteiger partial charge in [0.1, 0.15) is 0 Å². The Morgan fingerprint density at radius 1 is 0.377 bits per heavy atom. The molecule has 53 heavy (non-hydrogen) atoms. The summed E-state index contributed by atoms with van der Waals surface area (Å²) in [4.78, 5) is 2.40. The summed E-state index contributed by atoms with van der Waals surface area (Å²) in [5.41, 5.74) is 16.1. The Bertz CT molecular complexity index is 2790. The summed E-state index contributed by atoms with van der Waals surface area (Å²) in [5, 5.41) is 2.65. The normalized spacial score (nSPS) is 12.9. The summed E-state index contributed by atoms with van der Waals surface area (Å²) in [5.74, 6) is 0. The predicted molar refractivity (Wildman–Crippen MR) is 228 cm³/mol. The minimum Gasteiger partial charge on any atom is -0.310 e. The molecule has 0 radical (unpaired) electrons. The van der Waals surface area contributed by atoms with Gasteiger partial charge in [0, 0.05) is 42.6 Å². The fourth-order valence-corrected chi connectivity index (χ4v) is 9.61. The Kier molecular flexibility index (Phi) is 7.42. The lowest BCUT2D eigenvalue weighted by molar-refractivity contribution is 0.660. The maximum Gasteiger partial charge on any atom is 0.0468 e. The second kappa shape index (κ2) is 12.5. The van der Waals surface area contributed by atoms with Crippen molar-refractivity contribution in [2.75, 3.05) is 4.90 Å². The molecule has 0 unspecified atom stereocenters. The van der Waals surface area contributed by atoms with Crippen LogP contribution in [0.3, 0.4) is 0 Å². The monoisotopic (exact) mass is 695 g/mol. The molecular weight excluding hydrogens is 659 g/mol. The molecule has 0 aliphatic heterocycles.